The minimum Gasteiger partial charge on any atom is -0.329 e. The number of hydrogen-bond acceptors (Lipinski definition) is 5. The highest BCUT2D eigenvalue weighted by Gasteiger charge is 2.32. The summed E-state index contributed by atoms with van der Waals surface area (Å²) in [5, 5.41) is 5.74. The van der Waals surface area contributed by atoms with Crippen LogP contribution in [0, 0.1) is 0 Å². The molecule has 5 nitrogen and oxygen atoms in total. The number of benzene rings is 2. The van der Waals surface area contributed by atoms with E-state index in [-0.39, 0.29) is 17.9 Å². The average molecular weight is 434 g/mol. The fourth-order valence-corrected chi connectivity index (χ4v) is 5.50. The average Bonchev–Trinajstić information content (AvgIpc) is 3.53. The van der Waals surface area contributed by atoms with Crippen molar-refractivity contribution in [3.05, 3.63) is 81.5 Å². The number of aromatic nitrogens is 1. The highest BCUT2D eigenvalue weighted by molar-refractivity contribution is 7.18. The number of carbonyl (C=O) groups excluding carboxylic acids is 2. The summed E-state index contributed by atoms with van der Waals surface area (Å²) in [6, 6.07) is 18.9. The molecule has 0 bridgehead atoms. The van der Waals surface area contributed by atoms with Gasteiger partial charge in [0.1, 0.15) is 5.01 Å². The third kappa shape index (κ3) is 3.62. The molecule has 1 fully saturated rings. The van der Waals surface area contributed by atoms with E-state index in [4.69, 9.17) is 4.98 Å². The van der Waals surface area contributed by atoms with Gasteiger partial charge < -0.3 is 10.2 Å². The van der Waals surface area contributed by atoms with Crippen molar-refractivity contribution >= 4 is 50.4 Å². The molecule has 0 radical (unpaired) electrons. The summed E-state index contributed by atoms with van der Waals surface area (Å²) in [5.74, 6) is -0.132. The number of fused-ring (bicyclic) bond motifs is 1. The van der Waals surface area contributed by atoms with Crippen molar-refractivity contribution in [2.75, 3.05) is 11.9 Å². The Kier molecular flexibility index (Phi) is 5.06. The molecule has 1 saturated heterocycles. The van der Waals surface area contributed by atoms with Crippen LogP contribution in [-0.2, 0) is 0 Å². The number of para-hydroxylation sites is 1. The van der Waals surface area contributed by atoms with E-state index in [1.54, 1.807) is 41.7 Å². The Bertz CT molecular complexity index is 1170. The normalized spacial score (nSPS) is 16.1. The van der Waals surface area contributed by atoms with Crippen molar-refractivity contribution in [2.45, 2.75) is 18.9 Å². The van der Waals surface area contributed by atoms with Crippen molar-refractivity contribution < 1.29 is 9.59 Å². The molecule has 2 amide bonds. The summed E-state index contributed by atoms with van der Waals surface area (Å²) in [7, 11) is 0. The smallest absolute Gasteiger partial charge is 0.265 e. The van der Waals surface area contributed by atoms with Gasteiger partial charge in [-0.25, -0.2) is 4.98 Å². The van der Waals surface area contributed by atoms with E-state index >= 15 is 0 Å². The second-order valence-corrected chi connectivity index (χ2v) is 9.20. The number of thiazole rings is 1. The number of thiophene rings is 1. The van der Waals surface area contributed by atoms with Gasteiger partial charge in [-0.1, -0.05) is 18.2 Å². The number of likely N-dealkylation sites (tertiary alicyclic amines) is 1. The molecule has 30 heavy (non-hydrogen) atoms. The molecule has 150 valence electrons. The molecule has 0 spiro atoms. The zero-order valence-electron chi connectivity index (χ0n) is 16.1. The quantitative estimate of drug-likeness (QED) is 0.456. The van der Waals surface area contributed by atoms with Crippen LogP contribution in [0.25, 0.3) is 10.2 Å². The van der Waals surface area contributed by atoms with E-state index < -0.39 is 0 Å². The molecule has 0 unspecified atom stereocenters. The first-order valence-electron chi connectivity index (χ1n) is 9.80. The first kappa shape index (κ1) is 19.0. The minimum atomic E-state index is -0.139. The highest BCUT2D eigenvalue weighted by atomic mass is 32.1. The van der Waals surface area contributed by atoms with E-state index in [9.17, 15) is 9.59 Å². The van der Waals surface area contributed by atoms with Gasteiger partial charge in [-0.15, -0.1) is 22.7 Å². The molecule has 1 atom stereocenters. The predicted octanol–water partition coefficient (Wildman–Crippen LogP) is 5.59. The van der Waals surface area contributed by atoms with Crippen LogP contribution in [0.2, 0.25) is 0 Å². The second kappa shape index (κ2) is 8.01. The Hall–Kier alpha value is -3.03. The van der Waals surface area contributed by atoms with Gasteiger partial charge in [-0.3, -0.25) is 9.59 Å². The number of anilines is 1. The van der Waals surface area contributed by atoms with Gasteiger partial charge in [-0.05, 0) is 60.7 Å². The highest BCUT2D eigenvalue weighted by Crippen LogP contribution is 2.37. The lowest BCUT2D eigenvalue weighted by Crippen LogP contribution is -2.30. The molecule has 1 aliphatic rings. The number of carbonyl (C=O) groups is 2. The summed E-state index contributed by atoms with van der Waals surface area (Å²) in [4.78, 5) is 32.7. The Morgan fingerprint density at radius 2 is 1.87 bits per heavy atom. The van der Waals surface area contributed by atoms with Crippen molar-refractivity contribution in [1.29, 1.82) is 0 Å². The van der Waals surface area contributed by atoms with Gasteiger partial charge >= 0.3 is 0 Å². The van der Waals surface area contributed by atoms with Crippen LogP contribution in [0.4, 0.5) is 5.69 Å². The number of hydrogen-bond donors (Lipinski definition) is 1. The summed E-state index contributed by atoms with van der Waals surface area (Å²) >= 11 is 3.06. The first-order chi connectivity index (χ1) is 14.7. The van der Waals surface area contributed by atoms with E-state index in [2.05, 4.69) is 11.4 Å². The van der Waals surface area contributed by atoms with Crippen LogP contribution >= 0.6 is 22.7 Å². The Morgan fingerprint density at radius 1 is 1.03 bits per heavy atom. The fraction of sp³-hybridized carbons (Fsp3) is 0.174. The van der Waals surface area contributed by atoms with Gasteiger partial charge in [0.05, 0.1) is 21.1 Å². The molecule has 1 N–H and O–H groups in total. The molecule has 3 heterocycles. The maximum Gasteiger partial charge on any atom is 0.265 e. The van der Waals surface area contributed by atoms with Gasteiger partial charge in [0, 0.05) is 17.8 Å². The first-order valence-corrected chi connectivity index (χ1v) is 11.5. The monoisotopic (exact) mass is 433 g/mol. The molecule has 5 rings (SSSR count). The van der Waals surface area contributed by atoms with Crippen molar-refractivity contribution in [3.63, 3.8) is 0 Å². The fourth-order valence-electron chi connectivity index (χ4n) is 3.76. The van der Waals surface area contributed by atoms with E-state index in [0.717, 1.165) is 34.6 Å². The zero-order chi connectivity index (χ0) is 20.5. The molecule has 0 saturated carbocycles. The SMILES string of the molecule is O=C(Nc1ccc(C(=O)N2CCC[C@@H]2c2nc3ccccc3s2)cc1)c1cccs1. The summed E-state index contributed by atoms with van der Waals surface area (Å²) < 4.78 is 1.15. The maximum absolute atomic E-state index is 13.2. The molecule has 2 aromatic carbocycles. The zero-order valence-corrected chi connectivity index (χ0v) is 17.7. The van der Waals surface area contributed by atoms with Crippen molar-refractivity contribution in [1.82, 2.24) is 9.88 Å². The Labute approximate surface area is 182 Å². The Balaban J connectivity index is 1.32. The van der Waals surface area contributed by atoms with E-state index in [0.29, 0.717) is 16.1 Å². The number of amides is 2. The lowest BCUT2D eigenvalue weighted by molar-refractivity contribution is 0.0735. The second-order valence-electron chi connectivity index (χ2n) is 7.19. The largest absolute Gasteiger partial charge is 0.329 e. The molecule has 4 aromatic rings. The van der Waals surface area contributed by atoms with E-state index in [1.165, 1.54) is 11.3 Å². The van der Waals surface area contributed by atoms with Gasteiger partial charge in [-0.2, -0.15) is 0 Å². The summed E-state index contributed by atoms with van der Waals surface area (Å²) in [6.45, 7) is 0.732. The lowest BCUT2D eigenvalue weighted by atomic mass is 10.1. The maximum atomic E-state index is 13.2. The number of rotatable bonds is 4. The van der Waals surface area contributed by atoms with Gasteiger partial charge in [0.15, 0.2) is 0 Å². The van der Waals surface area contributed by atoms with Crippen LogP contribution in [-0.4, -0.2) is 28.2 Å². The molecule has 2 aromatic heterocycles. The minimum absolute atomic E-state index is 0.00731. The number of nitrogens with one attached hydrogen (secondary N) is 1. The Morgan fingerprint density at radius 3 is 2.63 bits per heavy atom. The van der Waals surface area contributed by atoms with Crippen molar-refractivity contribution in [2.24, 2.45) is 0 Å². The molecule has 0 aliphatic carbocycles. The molecular weight excluding hydrogens is 414 g/mol. The third-order valence-electron chi connectivity index (χ3n) is 5.24. The van der Waals surface area contributed by atoms with Crippen LogP contribution in [0.15, 0.2) is 66.0 Å². The van der Waals surface area contributed by atoms with Crippen molar-refractivity contribution in [3.8, 4) is 0 Å². The number of nitrogens with zero attached hydrogens (tertiary/aromatic N) is 2. The summed E-state index contributed by atoms with van der Waals surface area (Å²) in [6.07, 6.45) is 1.90. The third-order valence-corrected chi connectivity index (χ3v) is 7.25. The molecule has 1 aliphatic heterocycles. The topological polar surface area (TPSA) is 62.3 Å². The standard InChI is InChI=1S/C23H19N3O2S2/c27-21(20-8-4-14-29-20)24-16-11-9-15(10-12-16)23(28)26-13-3-6-18(26)22-25-17-5-1-2-7-19(17)30-22/h1-2,4-5,7-12,14,18H,3,6,13H2,(H,24,27)/t18-/m1/s1. The molecule has 7 heteroatoms. The van der Waals surface area contributed by atoms with Gasteiger partial charge in [0.25, 0.3) is 11.8 Å². The van der Waals surface area contributed by atoms with Crippen LogP contribution in [0.3, 0.4) is 0 Å². The van der Waals surface area contributed by atoms with Crippen LogP contribution in [0.5, 0.6) is 0 Å². The predicted molar refractivity (Wildman–Crippen MR) is 121 cm³/mol. The van der Waals surface area contributed by atoms with Crippen LogP contribution in [0.1, 0.15) is 43.9 Å². The van der Waals surface area contributed by atoms with Crippen LogP contribution < -0.4 is 5.32 Å². The van der Waals surface area contributed by atoms with Gasteiger partial charge in [0.2, 0.25) is 0 Å². The van der Waals surface area contributed by atoms with E-state index in [1.807, 2.05) is 34.5 Å². The summed E-state index contributed by atoms with van der Waals surface area (Å²) in [5.41, 5.74) is 2.29. The molecular formula is C23H19N3O2S2. The lowest BCUT2D eigenvalue weighted by Gasteiger charge is -2.23.